The van der Waals surface area contributed by atoms with Crippen LogP contribution in [-0.2, 0) is 4.74 Å². The summed E-state index contributed by atoms with van der Waals surface area (Å²) in [6, 6.07) is 4.23. The Morgan fingerprint density at radius 1 is 1.59 bits per heavy atom. The quantitative estimate of drug-likeness (QED) is 0.251. The lowest BCUT2D eigenvalue weighted by atomic mass is 10.3. The predicted molar refractivity (Wildman–Crippen MR) is 66.5 cm³/mol. The summed E-state index contributed by atoms with van der Waals surface area (Å²) in [5, 5.41) is 2.89. The number of aliphatic imine (C=N–C) groups is 1. The Morgan fingerprint density at radius 3 is 2.94 bits per heavy atom. The largest absolute Gasteiger partial charge is 0.383 e. The molecule has 0 atom stereocenters. The Kier molecular flexibility index (Phi) is 5.68. The van der Waals surface area contributed by atoms with Gasteiger partial charge < -0.3 is 10.1 Å². The number of anilines is 1. The van der Waals surface area contributed by atoms with Gasteiger partial charge in [-0.3, -0.25) is 5.43 Å². The van der Waals surface area contributed by atoms with E-state index >= 15 is 0 Å². The monoisotopic (exact) mass is 260 g/mol. The van der Waals surface area contributed by atoms with Gasteiger partial charge in [0.2, 0.25) is 5.96 Å². The summed E-state index contributed by atoms with van der Waals surface area (Å²) in [5.41, 5.74) is 2.98. The summed E-state index contributed by atoms with van der Waals surface area (Å²) in [7, 11) is 1.58. The molecule has 0 radical (unpaired) electrons. The van der Waals surface area contributed by atoms with Crippen molar-refractivity contribution in [2.24, 2.45) is 10.8 Å². The molecule has 94 valence electrons. The normalized spacial score (nSPS) is 11.4. The van der Waals surface area contributed by atoms with Gasteiger partial charge in [0.25, 0.3) is 0 Å². The van der Waals surface area contributed by atoms with Crippen LogP contribution in [0.15, 0.2) is 23.2 Å². The van der Waals surface area contributed by atoms with Crippen molar-refractivity contribution in [3.8, 4) is 0 Å². The number of hydrazine groups is 1. The van der Waals surface area contributed by atoms with Crippen molar-refractivity contribution >= 4 is 23.2 Å². The minimum atomic E-state index is -0.476. The van der Waals surface area contributed by atoms with Crippen molar-refractivity contribution in [3.05, 3.63) is 29.0 Å². The number of hydrogen-bond donors (Lipinski definition) is 3. The zero-order chi connectivity index (χ0) is 12.7. The van der Waals surface area contributed by atoms with Gasteiger partial charge >= 0.3 is 0 Å². The van der Waals surface area contributed by atoms with E-state index in [9.17, 15) is 4.39 Å². The summed E-state index contributed by atoms with van der Waals surface area (Å²) in [6.45, 7) is 0.939. The molecule has 0 aliphatic carbocycles. The molecule has 0 aliphatic rings. The third-order valence-electron chi connectivity index (χ3n) is 1.88. The summed E-state index contributed by atoms with van der Waals surface area (Å²) in [5.74, 6) is 5.16. The predicted octanol–water partition coefficient (Wildman–Crippen LogP) is 1.36. The molecule has 0 fully saturated rings. The molecule has 0 unspecified atom stereocenters. The van der Waals surface area contributed by atoms with Crippen LogP contribution in [0.3, 0.4) is 0 Å². The highest BCUT2D eigenvalue weighted by molar-refractivity contribution is 6.31. The maximum absolute atomic E-state index is 12.9. The Morgan fingerprint density at radius 2 is 2.35 bits per heavy atom. The molecule has 0 heterocycles. The first-order valence-electron chi connectivity index (χ1n) is 4.89. The molecular formula is C10H14ClFN4O. The highest BCUT2D eigenvalue weighted by atomic mass is 35.5. The van der Waals surface area contributed by atoms with E-state index in [1.165, 1.54) is 18.2 Å². The standard InChI is InChI=1S/C10H14ClFN4O/c1-17-5-4-14-10(16-13)15-7-2-3-9(12)8(11)6-7/h2-3,6H,4-5,13H2,1H3,(H2,14,15,16). The van der Waals surface area contributed by atoms with Crippen LogP contribution in [0, 0.1) is 5.82 Å². The molecule has 0 saturated heterocycles. The minimum absolute atomic E-state index is 0.0308. The highest BCUT2D eigenvalue weighted by Gasteiger charge is 2.02. The van der Waals surface area contributed by atoms with Crippen LogP contribution in [0.4, 0.5) is 10.1 Å². The second kappa shape index (κ2) is 7.05. The number of rotatable bonds is 4. The van der Waals surface area contributed by atoms with Gasteiger partial charge in [-0.1, -0.05) is 11.6 Å². The highest BCUT2D eigenvalue weighted by Crippen LogP contribution is 2.19. The Bertz CT molecular complexity index is 400. The smallest absolute Gasteiger partial charge is 0.210 e. The third kappa shape index (κ3) is 4.56. The van der Waals surface area contributed by atoms with Crippen LogP contribution in [0.25, 0.3) is 0 Å². The van der Waals surface area contributed by atoms with E-state index in [2.05, 4.69) is 15.7 Å². The fourth-order valence-corrected chi connectivity index (χ4v) is 1.26. The van der Waals surface area contributed by atoms with Crippen molar-refractivity contribution in [1.82, 2.24) is 5.43 Å². The van der Waals surface area contributed by atoms with E-state index < -0.39 is 5.82 Å². The topological polar surface area (TPSA) is 71.7 Å². The number of ether oxygens (including phenoxy) is 1. The lowest BCUT2D eigenvalue weighted by Gasteiger charge is -2.09. The molecule has 7 heteroatoms. The van der Waals surface area contributed by atoms with Gasteiger partial charge in [-0.2, -0.15) is 0 Å². The second-order valence-electron chi connectivity index (χ2n) is 3.12. The van der Waals surface area contributed by atoms with Crippen molar-refractivity contribution in [1.29, 1.82) is 0 Å². The second-order valence-corrected chi connectivity index (χ2v) is 3.53. The molecule has 0 amide bonds. The average molecular weight is 261 g/mol. The molecule has 1 rings (SSSR count). The minimum Gasteiger partial charge on any atom is -0.383 e. The molecular weight excluding hydrogens is 247 g/mol. The molecule has 17 heavy (non-hydrogen) atoms. The molecule has 4 N–H and O–H groups in total. The van der Waals surface area contributed by atoms with Gasteiger partial charge in [-0.05, 0) is 18.2 Å². The summed E-state index contributed by atoms with van der Waals surface area (Å²) < 4.78 is 17.8. The van der Waals surface area contributed by atoms with E-state index in [4.69, 9.17) is 22.2 Å². The Hall–Kier alpha value is -1.37. The Balaban J connectivity index is 2.67. The number of nitrogens with one attached hydrogen (secondary N) is 2. The van der Waals surface area contributed by atoms with E-state index in [1.807, 2.05) is 0 Å². The van der Waals surface area contributed by atoms with E-state index in [0.717, 1.165) is 0 Å². The lowest BCUT2D eigenvalue weighted by molar-refractivity contribution is 0.208. The number of nitrogens with zero attached hydrogens (tertiary/aromatic N) is 1. The molecule has 1 aromatic rings. The van der Waals surface area contributed by atoms with E-state index in [0.29, 0.717) is 24.8 Å². The van der Waals surface area contributed by atoms with Crippen molar-refractivity contribution in [2.45, 2.75) is 0 Å². The zero-order valence-electron chi connectivity index (χ0n) is 9.34. The number of guanidine groups is 1. The van der Waals surface area contributed by atoms with Gasteiger partial charge in [-0.15, -0.1) is 0 Å². The fourth-order valence-electron chi connectivity index (χ4n) is 1.08. The Labute approximate surface area is 104 Å². The van der Waals surface area contributed by atoms with Crippen LogP contribution in [-0.4, -0.2) is 26.2 Å². The molecule has 5 nitrogen and oxygen atoms in total. The SMILES string of the molecule is COCCN=C(NN)Nc1ccc(F)c(Cl)c1. The number of halogens is 2. The number of hydrogen-bond acceptors (Lipinski definition) is 3. The maximum Gasteiger partial charge on any atom is 0.210 e. The van der Waals surface area contributed by atoms with Crippen LogP contribution >= 0.6 is 11.6 Å². The summed E-state index contributed by atoms with van der Waals surface area (Å²) in [4.78, 5) is 4.09. The maximum atomic E-state index is 12.9. The van der Waals surface area contributed by atoms with Crippen LogP contribution in [0.5, 0.6) is 0 Å². The first-order valence-corrected chi connectivity index (χ1v) is 5.27. The number of nitrogens with two attached hydrogens (primary N) is 1. The van der Waals surface area contributed by atoms with Gasteiger partial charge in [0.05, 0.1) is 18.2 Å². The zero-order valence-corrected chi connectivity index (χ0v) is 10.1. The molecule has 0 spiro atoms. The van der Waals surface area contributed by atoms with Crippen LogP contribution in [0.2, 0.25) is 5.02 Å². The fraction of sp³-hybridized carbons (Fsp3) is 0.300. The third-order valence-corrected chi connectivity index (χ3v) is 2.17. The van der Waals surface area contributed by atoms with Crippen LogP contribution in [0.1, 0.15) is 0 Å². The molecule has 0 aliphatic heterocycles. The van der Waals surface area contributed by atoms with Gasteiger partial charge in [0, 0.05) is 12.8 Å². The van der Waals surface area contributed by atoms with Gasteiger partial charge in [0.15, 0.2) is 0 Å². The average Bonchev–Trinajstić information content (AvgIpc) is 2.32. The molecule has 0 bridgehead atoms. The van der Waals surface area contributed by atoms with Gasteiger partial charge in [-0.25, -0.2) is 15.2 Å². The van der Waals surface area contributed by atoms with Crippen LogP contribution < -0.4 is 16.6 Å². The first kappa shape index (κ1) is 13.7. The number of methoxy groups -OCH3 is 1. The van der Waals surface area contributed by atoms with Crippen molar-refractivity contribution in [3.63, 3.8) is 0 Å². The number of benzene rings is 1. The van der Waals surface area contributed by atoms with Gasteiger partial charge in [0.1, 0.15) is 5.82 Å². The molecule has 1 aromatic carbocycles. The van der Waals surface area contributed by atoms with Crippen molar-refractivity contribution in [2.75, 3.05) is 25.6 Å². The summed E-state index contributed by atoms with van der Waals surface area (Å²) in [6.07, 6.45) is 0. The van der Waals surface area contributed by atoms with E-state index in [1.54, 1.807) is 7.11 Å². The van der Waals surface area contributed by atoms with E-state index in [-0.39, 0.29) is 5.02 Å². The lowest BCUT2D eigenvalue weighted by Crippen LogP contribution is -2.36. The first-order chi connectivity index (χ1) is 8.17. The molecule has 0 aromatic heterocycles. The van der Waals surface area contributed by atoms with Crippen molar-refractivity contribution < 1.29 is 9.13 Å². The molecule has 0 saturated carbocycles. The summed E-state index contributed by atoms with van der Waals surface area (Å²) >= 11 is 5.64.